The minimum Gasteiger partial charge on any atom is -0.396 e. The zero-order valence-corrected chi connectivity index (χ0v) is 12.3. The average molecular weight is 274 g/mol. The molecule has 0 aromatic carbocycles. The molecule has 1 fully saturated rings. The molecule has 2 atom stereocenters. The molecule has 0 unspecified atom stereocenters. The molecule has 1 saturated heterocycles. The summed E-state index contributed by atoms with van der Waals surface area (Å²) >= 11 is 1.91. The maximum absolute atomic E-state index is 12.0. The number of hydrogen-bond acceptors (Lipinski definition) is 3. The van der Waals surface area contributed by atoms with E-state index in [0.29, 0.717) is 6.54 Å². The first-order chi connectivity index (χ1) is 8.67. The molecular weight excluding hydrogens is 248 g/mol. The summed E-state index contributed by atoms with van der Waals surface area (Å²) < 4.78 is 0. The van der Waals surface area contributed by atoms with Gasteiger partial charge in [-0.2, -0.15) is 11.8 Å². The maximum Gasteiger partial charge on any atom is 0.317 e. The lowest BCUT2D eigenvalue weighted by Crippen LogP contribution is -2.48. The molecule has 0 spiro atoms. The predicted octanol–water partition coefficient (Wildman–Crippen LogP) is 1.93. The third kappa shape index (κ3) is 5.48. The van der Waals surface area contributed by atoms with Crippen molar-refractivity contribution in [2.45, 2.75) is 39.2 Å². The highest BCUT2D eigenvalue weighted by Crippen LogP contribution is 2.16. The highest BCUT2D eigenvalue weighted by Gasteiger charge is 2.23. The summed E-state index contributed by atoms with van der Waals surface area (Å²) in [5.41, 5.74) is 0. The Kier molecular flexibility index (Phi) is 7.51. The van der Waals surface area contributed by atoms with Gasteiger partial charge in [0.1, 0.15) is 0 Å². The van der Waals surface area contributed by atoms with E-state index in [-0.39, 0.29) is 24.6 Å². The van der Waals surface area contributed by atoms with E-state index in [4.69, 9.17) is 5.11 Å². The summed E-state index contributed by atoms with van der Waals surface area (Å²) in [6.45, 7) is 5.91. The standard InChI is InChI=1S/C13H26N2O2S/c1-3-18-8-6-11(2)14-13(17)15-7-4-5-12(9-15)10-16/h11-12,16H,3-10H2,1-2H3,(H,14,17)/t11-,12+/m1/s1. The Hall–Kier alpha value is -0.420. The molecule has 0 radical (unpaired) electrons. The van der Waals surface area contributed by atoms with Crippen LogP contribution in [0.4, 0.5) is 4.79 Å². The number of aliphatic hydroxyl groups is 1. The summed E-state index contributed by atoms with van der Waals surface area (Å²) in [6.07, 6.45) is 3.04. The molecule has 1 rings (SSSR count). The van der Waals surface area contributed by atoms with Crippen LogP contribution < -0.4 is 5.32 Å². The van der Waals surface area contributed by atoms with Gasteiger partial charge < -0.3 is 15.3 Å². The van der Waals surface area contributed by atoms with Crippen LogP contribution in [0.15, 0.2) is 0 Å². The van der Waals surface area contributed by atoms with Crippen molar-refractivity contribution in [3.05, 3.63) is 0 Å². The van der Waals surface area contributed by atoms with Gasteiger partial charge in [-0.25, -0.2) is 4.79 Å². The maximum atomic E-state index is 12.0. The van der Waals surface area contributed by atoms with Gasteiger partial charge in [-0.3, -0.25) is 0 Å². The summed E-state index contributed by atoms with van der Waals surface area (Å²) in [7, 11) is 0. The fourth-order valence-electron chi connectivity index (χ4n) is 2.18. The van der Waals surface area contributed by atoms with Crippen LogP contribution in [0.3, 0.4) is 0 Å². The van der Waals surface area contributed by atoms with E-state index in [0.717, 1.165) is 37.3 Å². The van der Waals surface area contributed by atoms with E-state index in [9.17, 15) is 4.79 Å². The van der Waals surface area contributed by atoms with E-state index in [1.165, 1.54) is 0 Å². The number of hydrogen-bond donors (Lipinski definition) is 2. The molecule has 5 heteroatoms. The third-order valence-electron chi connectivity index (χ3n) is 3.33. The van der Waals surface area contributed by atoms with E-state index in [2.05, 4.69) is 19.2 Å². The molecule has 0 saturated carbocycles. The van der Waals surface area contributed by atoms with Crippen LogP contribution in [0.25, 0.3) is 0 Å². The van der Waals surface area contributed by atoms with Crippen molar-refractivity contribution in [2.24, 2.45) is 5.92 Å². The number of piperidine rings is 1. The Balaban J connectivity index is 2.26. The Morgan fingerprint density at radius 3 is 3.06 bits per heavy atom. The topological polar surface area (TPSA) is 52.6 Å². The number of carbonyl (C=O) groups is 1. The van der Waals surface area contributed by atoms with Crippen LogP contribution in [0.5, 0.6) is 0 Å². The monoisotopic (exact) mass is 274 g/mol. The van der Waals surface area contributed by atoms with E-state index in [1.807, 2.05) is 16.7 Å². The lowest BCUT2D eigenvalue weighted by Gasteiger charge is -2.32. The Labute approximate surface area is 115 Å². The Morgan fingerprint density at radius 1 is 1.61 bits per heavy atom. The summed E-state index contributed by atoms with van der Waals surface area (Å²) in [6, 6.07) is 0.258. The molecule has 2 N–H and O–H groups in total. The Bertz CT molecular complexity index is 251. The van der Waals surface area contributed by atoms with Gasteiger partial charge in [-0.1, -0.05) is 6.92 Å². The van der Waals surface area contributed by atoms with E-state index in [1.54, 1.807) is 0 Å². The highest BCUT2D eigenvalue weighted by atomic mass is 32.2. The molecule has 1 aliphatic rings. The average Bonchev–Trinajstić information content (AvgIpc) is 2.39. The summed E-state index contributed by atoms with van der Waals surface area (Å²) in [4.78, 5) is 13.9. The number of amides is 2. The van der Waals surface area contributed by atoms with E-state index >= 15 is 0 Å². The zero-order valence-electron chi connectivity index (χ0n) is 11.5. The quantitative estimate of drug-likeness (QED) is 0.728. The van der Waals surface area contributed by atoms with Gasteiger partial charge in [0.2, 0.25) is 0 Å². The number of likely N-dealkylation sites (tertiary alicyclic amines) is 1. The lowest BCUT2D eigenvalue weighted by molar-refractivity contribution is 0.128. The number of thioether (sulfide) groups is 1. The lowest BCUT2D eigenvalue weighted by atomic mass is 9.99. The Morgan fingerprint density at radius 2 is 2.39 bits per heavy atom. The van der Waals surface area contributed by atoms with Crippen LogP contribution in [0.1, 0.15) is 33.1 Å². The number of nitrogens with one attached hydrogen (secondary N) is 1. The normalized spacial score (nSPS) is 21.7. The number of carbonyl (C=O) groups excluding carboxylic acids is 1. The molecule has 0 aliphatic carbocycles. The highest BCUT2D eigenvalue weighted by molar-refractivity contribution is 7.99. The van der Waals surface area contributed by atoms with Crippen molar-refractivity contribution in [3.63, 3.8) is 0 Å². The van der Waals surface area contributed by atoms with Gasteiger partial charge in [0.05, 0.1) is 0 Å². The summed E-state index contributed by atoms with van der Waals surface area (Å²) in [5.74, 6) is 2.48. The smallest absolute Gasteiger partial charge is 0.317 e. The minimum absolute atomic E-state index is 0.0298. The molecule has 1 heterocycles. The molecule has 2 amide bonds. The van der Waals surface area contributed by atoms with Crippen LogP contribution in [-0.4, -0.2) is 53.3 Å². The first kappa shape index (κ1) is 15.6. The second kappa shape index (κ2) is 8.64. The number of nitrogens with zero attached hydrogens (tertiary/aromatic N) is 1. The number of rotatable bonds is 6. The van der Waals surface area contributed by atoms with Gasteiger partial charge in [-0.15, -0.1) is 0 Å². The van der Waals surface area contributed by atoms with Gasteiger partial charge in [0, 0.05) is 25.7 Å². The second-order valence-corrected chi connectivity index (χ2v) is 6.37. The second-order valence-electron chi connectivity index (χ2n) is 4.97. The van der Waals surface area contributed by atoms with Crippen LogP contribution >= 0.6 is 11.8 Å². The van der Waals surface area contributed by atoms with Crippen molar-refractivity contribution in [3.8, 4) is 0 Å². The molecule has 106 valence electrons. The van der Waals surface area contributed by atoms with E-state index < -0.39 is 0 Å². The van der Waals surface area contributed by atoms with Gasteiger partial charge in [-0.05, 0) is 43.6 Å². The van der Waals surface area contributed by atoms with Crippen molar-refractivity contribution in [1.82, 2.24) is 10.2 Å². The largest absolute Gasteiger partial charge is 0.396 e. The molecule has 0 bridgehead atoms. The molecule has 1 aliphatic heterocycles. The van der Waals surface area contributed by atoms with Crippen molar-refractivity contribution in [2.75, 3.05) is 31.2 Å². The van der Waals surface area contributed by atoms with Gasteiger partial charge in [0.15, 0.2) is 0 Å². The van der Waals surface area contributed by atoms with Crippen molar-refractivity contribution < 1.29 is 9.90 Å². The SMILES string of the molecule is CCSCC[C@@H](C)NC(=O)N1CCC[C@H](CO)C1. The predicted molar refractivity (Wildman–Crippen MR) is 77.0 cm³/mol. The number of urea groups is 1. The molecule has 4 nitrogen and oxygen atoms in total. The molecular formula is C13H26N2O2S. The van der Waals surface area contributed by atoms with Crippen LogP contribution in [0, 0.1) is 5.92 Å². The molecule has 0 aromatic rings. The summed E-state index contributed by atoms with van der Waals surface area (Å²) in [5, 5.41) is 12.2. The minimum atomic E-state index is 0.0298. The van der Waals surface area contributed by atoms with Crippen LogP contribution in [-0.2, 0) is 0 Å². The van der Waals surface area contributed by atoms with Gasteiger partial charge >= 0.3 is 6.03 Å². The zero-order chi connectivity index (χ0) is 13.4. The number of aliphatic hydroxyl groups excluding tert-OH is 1. The van der Waals surface area contributed by atoms with Crippen LogP contribution in [0.2, 0.25) is 0 Å². The fraction of sp³-hybridized carbons (Fsp3) is 0.923. The van der Waals surface area contributed by atoms with Gasteiger partial charge in [0.25, 0.3) is 0 Å². The molecule has 18 heavy (non-hydrogen) atoms. The van der Waals surface area contributed by atoms with Crippen molar-refractivity contribution in [1.29, 1.82) is 0 Å². The fourth-order valence-corrected chi connectivity index (χ4v) is 2.99. The van der Waals surface area contributed by atoms with Crippen molar-refractivity contribution >= 4 is 17.8 Å². The first-order valence-corrected chi connectivity index (χ1v) is 8.06. The third-order valence-corrected chi connectivity index (χ3v) is 4.27. The first-order valence-electron chi connectivity index (χ1n) is 6.91. The molecule has 0 aromatic heterocycles.